The molecule has 0 spiro atoms. The molecule has 0 aliphatic carbocycles. The number of aliphatic hydroxyl groups is 1. The van der Waals surface area contributed by atoms with Gasteiger partial charge in [0.2, 0.25) is 0 Å². The number of rotatable bonds is 8. The molecule has 2 rings (SSSR count). The van der Waals surface area contributed by atoms with Crippen LogP contribution in [0.3, 0.4) is 0 Å². The van der Waals surface area contributed by atoms with Crippen LogP contribution in [-0.4, -0.2) is 47.0 Å². The molecular formula is C18H21FN2O4. The summed E-state index contributed by atoms with van der Waals surface area (Å²) in [6.07, 6.45) is -1.60. The van der Waals surface area contributed by atoms with E-state index >= 15 is 0 Å². The van der Waals surface area contributed by atoms with Crippen LogP contribution in [0.15, 0.2) is 48.5 Å². The first kappa shape index (κ1) is 18.5. The lowest BCUT2D eigenvalue weighted by molar-refractivity contribution is 0.0655. The Bertz CT molecular complexity index is 676. The second kappa shape index (κ2) is 8.89. The average Bonchev–Trinajstić information content (AvgIpc) is 2.59. The van der Waals surface area contributed by atoms with E-state index in [2.05, 4.69) is 0 Å². The molecule has 0 aliphatic heterocycles. The molecule has 2 aromatic carbocycles. The zero-order chi connectivity index (χ0) is 18.2. The van der Waals surface area contributed by atoms with Crippen LogP contribution in [0, 0.1) is 5.82 Å². The molecule has 134 valence electrons. The predicted molar refractivity (Wildman–Crippen MR) is 92.1 cm³/mol. The minimum Gasteiger partial charge on any atom is -0.491 e. The molecule has 0 radical (unpaired) electrons. The van der Waals surface area contributed by atoms with Gasteiger partial charge in [0.05, 0.1) is 6.54 Å². The van der Waals surface area contributed by atoms with E-state index < -0.39 is 12.2 Å². The van der Waals surface area contributed by atoms with Crippen LogP contribution in [0.1, 0.15) is 5.56 Å². The van der Waals surface area contributed by atoms with E-state index in [0.717, 1.165) is 10.5 Å². The van der Waals surface area contributed by atoms with Crippen molar-refractivity contribution >= 4 is 11.8 Å². The monoisotopic (exact) mass is 348 g/mol. The molecule has 7 heteroatoms. The molecule has 0 aliphatic rings. The summed E-state index contributed by atoms with van der Waals surface area (Å²) in [5, 5.41) is 19.3. The van der Waals surface area contributed by atoms with Crippen LogP contribution < -0.4 is 10.5 Å². The topological polar surface area (TPSA) is 96.0 Å². The van der Waals surface area contributed by atoms with Gasteiger partial charge >= 0.3 is 6.09 Å². The van der Waals surface area contributed by atoms with E-state index in [1.165, 1.54) is 24.3 Å². The van der Waals surface area contributed by atoms with Crippen molar-refractivity contribution in [2.45, 2.75) is 12.5 Å². The molecular weight excluding hydrogens is 327 g/mol. The summed E-state index contributed by atoms with van der Waals surface area (Å²) >= 11 is 0. The minimum atomic E-state index is -1.11. The summed E-state index contributed by atoms with van der Waals surface area (Å²) in [6, 6.07) is 12.6. The van der Waals surface area contributed by atoms with E-state index in [9.17, 15) is 19.4 Å². The summed E-state index contributed by atoms with van der Waals surface area (Å²) in [6.45, 7) is 0.0790. The second-order valence-electron chi connectivity index (χ2n) is 5.64. The van der Waals surface area contributed by atoms with Crippen LogP contribution in [0.25, 0.3) is 0 Å². The number of ether oxygens (including phenoxy) is 1. The molecule has 25 heavy (non-hydrogen) atoms. The number of anilines is 1. The van der Waals surface area contributed by atoms with Crippen molar-refractivity contribution < 1.29 is 24.1 Å². The van der Waals surface area contributed by atoms with Gasteiger partial charge in [-0.2, -0.15) is 0 Å². The summed E-state index contributed by atoms with van der Waals surface area (Å²) in [4.78, 5) is 12.5. The Hall–Kier alpha value is -2.80. The number of carboxylic acid groups (broad SMARTS) is 1. The number of nitrogens with two attached hydrogens (primary N) is 1. The van der Waals surface area contributed by atoms with E-state index in [1.807, 2.05) is 12.1 Å². The number of hydrogen-bond acceptors (Lipinski definition) is 4. The predicted octanol–water partition coefficient (Wildman–Crippen LogP) is 2.37. The molecule has 0 saturated heterocycles. The summed E-state index contributed by atoms with van der Waals surface area (Å²) < 4.78 is 18.1. The summed E-state index contributed by atoms with van der Waals surface area (Å²) in [5.74, 6) is 0.0248. The van der Waals surface area contributed by atoms with Gasteiger partial charge in [-0.3, -0.25) is 0 Å². The van der Waals surface area contributed by atoms with Crippen LogP contribution in [0.5, 0.6) is 5.75 Å². The first-order chi connectivity index (χ1) is 11.9. The maximum atomic E-state index is 12.8. The number of hydrogen-bond donors (Lipinski definition) is 3. The van der Waals surface area contributed by atoms with Gasteiger partial charge in [-0.05, 0) is 48.4 Å². The van der Waals surface area contributed by atoms with E-state index in [1.54, 1.807) is 12.1 Å². The fourth-order valence-corrected chi connectivity index (χ4v) is 2.24. The first-order valence-electron chi connectivity index (χ1n) is 7.83. The number of aliphatic hydroxyl groups excluding tert-OH is 1. The number of amides is 1. The molecule has 0 fully saturated rings. The van der Waals surface area contributed by atoms with Crippen molar-refractivity contribution in [3.63, 3.8) is 0 Å². The quantitative estimate of drug-likeness (QED) is 0.637. The maximum absolute atomic E-state index is 12.8. The fourth-order valence-electron chi connectivity index (χ4n) is 2.24. The van der Waals surface area contributed by atoms with Crippen molar-refractivity contribution in [2.75, 3.05) is 25.4 Å². The molecule has 0 unspecified atom stereocenters. The highest BCUT2D eigenvalue weighted by Crippen LogP contribution is 2.12. The lowest BCUT2D eigenvalue weighted by Crippen LogP contribution is -2.40. The van der Waals surface area contributed by atoms with E-state index in [0.29, 0.717) is 17.9 Å². The number of halogens is 1. The highest BCUT2D eigenvalue weighted by atomic mass is 19.1. The molecule has 0 aromatic heterocycles. The van der Waals surface area contributed by atoms with Gasteiger partial charge in [0.15, 0.2) is 0 Å². The van der Waals surface area contributed by atoms with Crippen LogP contribution in [0.4, 0.5) is 14.9 Å². The molecule has 2 aromatic rings. The van der Waals surface area contributed by atoms with Crippen molar-refractivity contribution in [1.82, 2.24) is 4.90 Å². The molecule has 0 bridgehead atoms. The van der Waals surface area contributed by atoms with Gasteiger partial charge in [0.25, 0.3) is 0 Å². The lowest BCUT2D eigenvalue weighted by atomic mass is 10.1. The number of nitrogens with zero attached hydrogens (tertiary/aromatic N) is 1. The average molecular weight is 348 g/mol. The van der Waals surface area contributed by atoms with Gasteiger partial charge in [-0.1, -0.05) is 12.1 Å². The van der Waals surface area contributed by atoms with Crippen molar-refractivity contribution in [3.8, 4) is 5.75 Å². The zero-order valence-corrected chi connectivity index (χ0v) is 13.6. The highest BCUT2D eigenvalue weighted by molar-refractivity contribution is 5.65. The van der Waals surface area contributed by atoms with Crippen LogP contribution >= 0.6 is 0 Å². The molecule has 6 nitrogen and oxygen atoms in total. The molecule has 4 N–H and O–H groups in total. The number of carbonyl (C=O) groups is 1. The van der Waals surface area contributed by atoms with Crippen molar-refractivity contribution in [2.24, 2.45) is 0 Å². The smallest absolute Gasteiger partial charge is 0.407 e. The molecule has 1 amide bonds. The van der Waals surface area contributed by atoms with Gasteiger partial charge in [0, 0.05) is 12.2 Å². The highest BCUT2D eigenvalue weighted by Gasteiger charge is 2.17. The molecule has 1 atom stereocenters. The largest absolute Gasteiger partial charge is 0.491 e. The Morgan fingerprint density at radius 1 is 1.16 bits per heavy atom. The number of nitrogen functional groups attached to an aromatic ring is 1. The van der Waals surface area contributed by atoms with Gasteiger partial charge in [0.1, 0.15) is 24.3 Å². The molecule has 0 heterocycles. The Kier molecular flexibility index (Phi) is 6.59. The standard InChI is InChI=1S/C18H21FN2O4/c19-14-3-7-17(8-4-14)25-12-16(22)11-21(18(23)24)10-9-13-1-5-15(20)6-2-13/h1-8,16,22H,9-12,20H2,(H,23,24)/t16-/m0/s1. The third kappa shape index (κ3) is 6.31. The fraction of sp³-hybridized carbons (Fsp3) is 0.278. The van der Waals surface area contributed by atoms with Gasteiger partial charge in [-0.25, -0.2) is 9.18 Å². The van der Waals surface area contributed by atoms with Crippen molar-refractivity contribution in [1.29, 1.82) is 0 Å². The zero-order valence-electron chi connectivity index (χ0n) is 13.6. The Balaban J connectivity index is 1.81. The minimum absolute atomic E-state index is 0.0779. The van der Waals surface area contributed by atoms with Crippen molar-refractivity contribution in [3.05, 3.63) is 59.9 Å². The van der Waals surface area contributed by atoms with Crippen LogP contribution in [-0.2, 0) is 6.42 Å². The summed E-state index contributed by atoms with van der Waals surface area (Å²) in [7, 11) is 0. The van der Waals surface area contributed by atoms with Gasteiger partial charge in [-0.15, -0.1) is 0 Å². The molecule has 0 saturated carbocycles. The van der Waals surface area contributed by atoms with E-state index in [4.69, 9.17) is 10.5 Å². The third-order valence-electron chi connectivity index (χ3n) is 3.61. The Morgan fingerprint density at radius 2 is 1.80 bits per heavy atom. The van der Waals surface area contributed by atoms with Crippen LogP contribution in [0.2, 0.25) is 0 Å². The maximum Gasteiger partial charge on any atom is 0.407 e. The second-order valence-corrected chi connectivity index (χ2v) is 5.64. The van der Waals surface area contributed by atoms with Gasteiger partial charge < -0.3 is 25.6 Å². The SMILES string of the molecule is Nc1ccc(CCN(C[C@H](O)COc2ccc(F)cc2)C(=O)O)cc1. The summed E-state index contributed by atoms with van der Waals surface area (Å²) in [5.41, 5.74) is 7.22. The van der Waals surface area contributed by atoms with E-state index in [-0.39, 0.29) is 25.5 Å². The first-order valence-corrected chi connectivity index (χ1v) is 7.83. The normalized spacial score (nSPS) is 11.8. The third-order valence-corrected chi connectivity index (χ3v) is 3.61. The Labute approximate surface area is 145 Å². The Morgan fingerprint density at radius 3 is 2.40 bits per heavy atom. The number of benzene rings is 2. The lowest BCUT2D eigenvalue weighted by Gasteiger charge is -2.22.